The highest BCUT2D eigenvalue weighted by molar-refractivity contribution is 5.71. The Hall–Kier alpha value is -3.93. The van der Waals surface area contributed by atoms with Crippen molar-refractivity contribution >= 4 is 17.9 Å². The number of ether oxygens (including phenoxy) is 3. The first-order chi connectivity index (χ1) is 33.5. The topological polar surface area (TPSA) is 78.9 Å². The number of allylic oxidation sites excluding steroid dienone is 18. The molecule has 0 spiro atoms. The molecule has 6 heteroatoms. The van der Waals surface area contributed by atoms with Crippen LogP contribution >= 0.6 is 0 Å². The number of carbonyl (C=O) groups excluding carboxylic acids is 3. The Kier molecular flexibility index (Phi) is 52.4. The van der Waals surface area contributed by atoms with E-state index < -0.39 is 6.10 Å². The lowest BCUT2D eigenvalue weighted by Crippen LogP contribution is -2.30. The summed E-state index contributed by atoms with van der Waals surface area (Å²) < 4.78 is 16.8. The van der Waals surface area contributed by atoms with Gasteiger partial charge in [0.2, 0.25) is 0 Å². The van der Waals surface area contributed by atoms with E-state index in [0.29, 0.717) is 19.3 Å². The molecule has 0 fully saturated rings. The Balaban J connectivity index is 4.46. The number of hydrogen-bond acceptors (Lipinski definition) is 6. The van der Waals surface area contributed by atoms with Crippen molar-refractivity contribution in [1.82, 2.24) is 0 Å². The van der Waals surface area contributed by atoms with Crippen LogP contribution in [0.1, 0.15) is 245 Å². The summed E-state index contributed by atoms with van der Waals surface area (Å²) in [6.45, 7) is 6.41. The first kappa shape index (κ1) is 64.1. The minimum absolute atomic E-state index is 0.0992. The molecule has 0 N–H and O–H groups in total. The lowest BCUT2D eigenvalue weighted by Gasteiger charge is -2.18. The molecule has 0 amide bonds. The maximum atomic E-state index is 12.8. The van der Waals surface area contributed by atoms with Crippen molar-refractivity contribution in [3.05, 3.63) is 109 Å². The highest BCUT2D eigenvalue weighted by Gasteiger charge is 2.19. The zero-order valence-corrected chi connectivity index (χ0v) is 44.1. The monoisotopic (exact) mass is 943 g/mol. The summed E-state index contributed by atoms with van der Waals surface area (Å²) in [6, 6.07) is 0. The molecule has 6 nitrogen and oxygen atoms in total. The molecule has 0 aliphatic heterocycles. The van der Waals surface area contributed by atoms with Crippen LogP contribution in [0.4, 0.5) is 0 Å². The zero-order chi connectivity index (χ0) is 49.3. The fourth-order valence-corrected chi connectivity index (χ4v) is 7.28. The van der Waals surface area contributed by atoms with Crippen LogP contribution in [0.5, 0.6) is 0 Å². The molecule has 1 unspecified atom stereocenters. The average Bonchev–Trinajstić information content (AvgIpc) is 3.34. The van der Waals surface area contributed by atoms with Gasteiger partial charge in [-0.25, -0.2) is 0 Å². The summed E-state index contributed by atoms with van der Waals surface area (Å²) in [5.41, 5.74) is 0. The first-order valence-corrected chi connectivity index (χ1v) is 27.9. The van der Waals surface area contributed by atoms with E-state index in [2.05, 4.69) is 130 Å². The second-order valence-corrected chi connectivity index (χ2v) is 18.1. The smallest absolute Gasteiger partial charge is 0.306 e. The maximum absolute atomic E-state index is 12.8. The van der Waals surface area contributed by atoms with Crippen LogP contribution in [0.3, 0.4) is 0 Å². The van der Waals surface area contributed by atoms with Crippen molar-refractivity contribution in [2.45, 2.75) is 252 Å². The molecule has 0 aromatic carbocycles. The van der Waals surface area contributed by atoms with Crippen molar-refractivity contribution in [3.8, 4) is 0 Å². The van der Waals surface area contributed by atoms with Gasteiger partial charge in [-0.3, -0.25) is 14.4 Å². The predicted octanol–water partition coefficient (Wildman–Crippen LogP) is 18.7. The molecule has 68 heavy (non-hydrogen) atoms. The molecule has 0 heterocycles. The minimum Gasteiger partial charge on any atom is -0.462 e. The molecule has 0 aliphatic rings. The standard InChI is InChI=1S/C62H102O6/c1-4-7-10-13-16-19-22-25-28-29-30-31-32-33-35-37-40-43-46-49-52-55-61(64)67-58-59(57-66-60(63)54-51-48-45-42-39-36-27-24-21-18-15-12-9-6-3)68-62(65)56-53-50-47-44-41-38-34-26-23-20-17-14-11-8-5-2/h7,10,15-20,24-28,30-31,33-35,59H,4-6,8-9,11-14,21-23,29,32,36-58H2,1-3H3/b10-7-,18-15-,19-16-,20-17-,27-24-,28-25-,31-30-,34-26-,35-33-. The highest BCUT2D eigenvalue weighted by Crippen LogP contribution is 2.13. The Morgan fingerprint density at radius 1 is 0.309 bits per heavy atom. The summed E-state index contributed by atoms with van der Waals surface area (Å²) in [7, 11) is 0. The Morgan fingerprint density at radius 3 is 0.941 bits per heavy atom. The summed E-state index contributed by atoms with van der Waals surface area (Å²) >= 11 is 0. The van der Waals surface area contributed by atoms with Crippen molar-refractivity contribution in [3.63, 3.8) is 0 Å². The molecule has 0 saturated heterocycles. The molecule has 386 valence electrons. The van der Waals surface area contributed by atoms with E-state index in [0.717, 1.165) is 161 Å². The third kappa shape index (κ3) is 53.0. The second-order valence-electron chi connectivity index (χ2n) is 18.1. The molecule has 0 aromatic heterocycles. The molecule has 0 radical (unpaired) electrons. The van der Waals surface area contributed by atoms with Gasteiger partial charge in [0, 0.05) is 19.3 Å². The molecule has 0 bridgehead atoms. The van der Waals surface area contributed by atoms with Gasteiger partial charge in [0.05, 0.1) is 0 Å². The highest BCUT2D eigenvalue weighted by atomic mass is 16.6. The van der Waals surface area contributed by atoms with Crippen molar-refractivity contribution in [2.75, 3.05) is 13.2 Å². The second kappa shape index (κ2) is 55.7. The average molecular weight is 943 g/mol. The van der Waals surface area contributed by atoms with E-state index in [-0.39, 0.29) is 31.1 Å². The molecule has 0 aromatic rings. The van der Waals surface area contributed by atoms with Crippen molar-refractivity contribution in [1.29, 1.82) is 0 Å². The summed E-state index contributed by atoms with van der Waals surface area (Å²) in [4.78, 5) is 38.1. The van der Waals surface area contributed by atoms with Crippen LogP contribution in [0.25, 0.3) is 0 Å². The molecule has 0 saturated carbocycles. The van der Waals surface area contributed by atoms with Crippen LogP contribution in [-0.2, 0) is 28.6 Å². The van der Waals surface area contributed by atoms with Gasteiger partial charge in [-0.2, -0.15) is 0 Å². The maximum Gasteiger partial charge on any atom is 0.306 e. The minimum atomic E-state index is -0.802. The zero-order valence-electron chi connectivity index (χ0n) is 44.1. The summed E-state index contributed by atoms with van der Waals surface area (Å²) in [6.07, 6.45) is 74.9. The first-order valence-electron chi connectivity index (χ1n) is 27.9. The van der Waals surface area contributed by atoms with Gasteiger partial charge >= 0.3 is 17.9 Å². The van der Waals surface area contributed by atoms with Crippen LogP contribution < -0.4 is 0 Å². The Bertz CT molecular complexity index is 1410. The van der Waals surface area contributed by atoms with E-state index in [1.54, 1.807) is 0 Å². The third-order valence-corrected chi connectivity index (χ3v) is 11.5. The van der Waals surface area contributed by atoms with Crippen molar-refractivity contribution < 1.29 is 28.6 Å². The van der Waals surface area contributed by atoms with E-state index in [1.807, 2.05) is 0 Å². The third-order valence-electron chi connectivity index (χ3n) is 11.5. The van der Waals surface area contributed by atoms with Crippen molar-refractivity contribution in [2.24, 2.45) is 0 Å². The van der Waals surface area contributed by atoms with E-state index >= 15 is 0 Å². The molecular formula is C62H102O6. The largest absolute Gasteiger partial charge is 0.462 e. The van der Waals surface area contributed by atoms with E-state index in [1.165, 1.54) is 44.9 Å². The van der Waals surface area contributed by atoms with E-state index in [9.17, 15) is 14.4 Å². The number of hydrogen-bond donors (Lipinski definition) is 0. The van der Waals surface area contributed by atoms with E-state index in [4.69, 9.17) is 14.2 Å². The van der Waals surface area contributed by atoms with Gasteiger partial charge in [0.1, 0.15) is 13.2 Å². The van der Waals surface area contributed by atoms with Gasteiger partial charge in [-0.1, -0.05) is 214 Å². The van der Waals surface area contributed by atoms with Crippen LogP contribution in [0.15, 0.2) is 109 Å². The van der Waals surface area contributed by atoms with Gasteiger partial charge < -0.3 is 14.2 Å². The number of unbranched alkanes of at least 4 members (excludes halogenated alkanes) is 20. The Morgan fingerprint density at radius 2 is 0.588 bits per heavy atom. The SMILES string of the molecule is CC/C=C\C/C=C\C/C=C\C/C=C\C/C=C\CCCCCCCC(=O)OCC(COC(=O)CCCCCCC/C=C\C/C=C\CCCC)OC(=O)CCCCCCC/C=C\C/C=C\CCCCC. The molecule has 0 rings (SSSR count). The molecular weight excluding hydrogens is 841 g/mol. The van der Waals surface area contributed by atoms with Gasteiger partial charge in [0.25, 0.3) is 0 Å². The van der Waals surface area contributed by atoms with Crippen LogP contribution in [-0.4, -0.2) is 37.2 Å². The van der Waals surface area contributed by atoms with Crippen LogP contribution in [0.2, 0.25) is 0 Å². The fraction of sp³-hybridized carbons (Fsp3) is 0.661. The number of rotatable bonds is 49. The molecule has 0 aliphatic carbocycles. The molecule has 1 atom stereocenters. The number of esters is 3. The predicted molar refractivity (Wildman–Crippen MR) is 293 cm³/mol. The summed E-state index contributed by atoms with van der Waals surface area (Å²) in [5.74, 6) is -0.947. The van der Waals surface area contributed by atoms with Gasteiger partial charge in [0.15, 0.2) is 6.10 Å². The quantitative estimate of drug-likeness (QED) is 0.0262. The fourth-order valence-electron chi connectivity index (χ4n) is 7.28. The number of carbonyl (C=O) groups is 3. The lowest BCUT2D eigenvalue weighted by molar-refractivity contribution is -0.167. The van der Waals surface area contributed by atoms with Crippen LogP contribution in [0, 0.1) is 0 Å². The van der Waals surface area contributed by atoms with Gasteiger partial charge in [-0.05, 0) is 122 Å². The van der Waals surface area contributed by atoms with Gasteiger partial charge in [-0.15, -0.1) is 0 Å². The lowest BCUT2D eigenvalue weighted by atomic mass is 10.1. The Labute approximate surface area is 419 Å². The summed E-state index contributed by atoms with van der Waals surface area (Å²) in [5, 5.41) is 0. The normalized spacial score (nSPS) is 12.9.